The van der Waals surface area contributed by atoms with Crippen LogP contribution in [0.25, 0.3) is 0 Å². The molecule has 5 atom stereocenters. The predicted molar refractivity (Wildman–Crippen MR) is 109 cm³/mol. The number of aryl methyl sites for hydroxylation is 1. The Morgan fingerprint density at radius 2 is 1.75 bits per heavy atom. The van der Waals surface area contributed by atoms with Crippen LogP contribution in [0.3, 0.4) is 0 Å². The number of hydrogen-bond donors (Lipinski definition) is 3. The number of methoxy groups -OCH3 is 1. The van der Waals surface area contributed by atoms with Gasteiger partial charge in [-0.2, -0.15) is 0 Å². The molecule has 1 saturated heterocycles. The zero-order valence-corrected chi connectivity index (χ0v) is 17.4. The van der Waals surface area contributed by atoms with Crippen LogP contribution in [0.2, 0.25) is 0 Å². The molecular weight excluding hydrogens is 376 g/mol. The second-order valence-electron chi connectivity index (χ2n) is 7.29. The van der Waals surface area contributed by atoms with Gasteiger partial charge in [0, 0.05) is 17.6 Å². The highest BCUT2D eigenvalue weighted by Crippen LogP contribution is 2.40. The molecule has 0 amide bonds. The zero-order valence-electron chi connectivity index (χ0n) is 16.6. The van der Waals surface area contributed by atoms with Crippen LogP contribution in [0.1, 0.15) is 29.2 Å². The summed E-state index contributed by atoms with van der Waals surface area (Å²) in [5, 5.41) is 31.0. The largest absolute Gasteiger partial charge is 0.388 e. The van der Waals surface area contributed by atoms with E-state index in [0.717, 1.165) is 17.5 Å². The Bertz CT molecular complexity index is 809. The first kappa shape index (κ1) is 21.3. The summed E-state index contributed by atoms with van der Waals surface area (Å²) in [7, 11) is 1.43. The Hall–Kier alpha value is -1.41. The molecule has 0 radical (unpaired) electrons. The first-order valence-corrected chi connectivity index (χ1v) is 10.5. The maximum atomic E-state index is 10.7. The van der Waals surface area contributed by atoms with E-state index in [9.17, 15) is 15.3 Å². The number of thioether (sulfide) groups is 1. The molecule has 0 saturated carbocycles. The van der Waals surface area contributed by atoms with Gasteiger partial charge in [0.2, 0.25) is 5.79 Å². The Balaban J connectivity index is 1.96. The first-order chi connectivity index (χ1) is 13.3. The lowest BCUT2D eigenvalue weighted by Crippen LogP contribution is -2.62. The van der Waals surface area contributed by atoms with Crippen molar-refractivity contribution in [3.8, 4) is 0 Å². The SMILES string of the molecule is CO[C@@]1(c2ccc(C)c(Cc3ccc(SC)cc3)c2)O[C@H](C)[C@@H](O)C(O)[C@H]1O. The van der Waals surface area contributed by atoms with E-state index in [0.29, 0.717) is 5.56 Å². The monoisotopic (exact) mass is 404 g/mol. The van der Waals surface area contributed by atoms with Crippen molar-refractivity contribution in [1.29, 1.82) is 0 Å². The highest BCUT2D eigenvalue weighted by Gasteiger charge is 2.54. The minimum atomic E-state index is -1.54. The van der Waals surface area contributed by atoms with Crippen molar-refractivity contribution < 1.29 is 24.8 Å². The minimum absolute atomic E-state index is 0.613. The van der Waals surface area contributed by atoms with E-state index in [2.05, 4.69) is 30.5 Å². The number of benzene rings is 2. The van der Waals surface area contributed by atoms with Gasteiger partial charge in [0.05, 0.1) is 6.10 Å². The third-order valence-corrected chi connectivity index (χ3v) is 6.26. The molecule has 1 unspecified atom stereocenters. The number of aliphatic hydroxyl groups excluding tert-OH is 3. The Morgan fingerprint density at radius 3 is 2.36 bits per heavy atom. The average molecular weight is 405 g/mol. The maximum Gasteiger partial charge on any atom is 0.224 e. The third kappa shape index (κ3) is 3.85. The molecule has 0 spiro atoms. The maximum absolute atomic E-state index is 10.7. The van der Waals surface area contributed by atoms with Crippen molar-refractivity contribution in [2.24, 2.45) is 0 Å². The van der Waals surface area contributed by atoms with Crippen LogP contribution >= 0.6 is 11.8 Å². The number of ether oxygens (including phenoxy) is 2. The van der Waals surface area contributed by atoms with Crippen LogP contribution in [-0.4, -0.2) is 53.1 Å². The summed E-state index contributed by atoms with van der Waals surface area (Å²) < 4.78 is 11.5. The summed E-state index contributed by atoms with van der Waals surface area (Å²) in [6.45, 7) is 3.68. The Kier molecular flexibility index (Phi) is 6.49. The van der Waals surface area contributed by atoms with Gasteiger partial charge in [-0.1, -0.05) is 24.3 Å². The van der Waals surface area contributed by atoms with Gasteiger partial charge in [-0.15, -0.1) is 11.8 Å². The molecule has 1 heterocycles. The summed E-state index contributed by atoms with van der Waals surface area (Å²) in [4.78, 5) is 1.22. The van der Waals surface area contributed by atoms with Crippen molar-refractivity contribution >= 4 is 11.8 Å². The fourth-order valence-electron chi connectivity index (χ4n) is 3.67. The van der Waals surface area contributed by atoms with E-state index in [1.54, 1.807) is 18.7 Å². The molecular formula is C22H28O5S. The van der Waals surface area contributed by atoms with Crippen LogP contribution in [0.5, 0.6) is 0 Å². The van der Waals surface area contributed by atoms with Gasteiger partial charge in [0.15, 0.2) is 0 Å². The molecule has 5 nitrogen and oxygen atoms in total. The van der Waals surface area contributed by atoms with E-state index in [-0.39, 0.29) is 0 Å². The minimum Gasteiger partial charge on any atom is -0.388 e. The molecule has 0 aromatic heterocycles. The zero-order chi connectivity index (χ0) is 20.5. The fraction of sp³-hybridized carbons (Fsp3) is 0.455. The van der Waals surface area contributed by atoms with Gasteiger partial charge >= 0.3 is 0 Å². The predicted octanol–water partition coefficient (Wildman–Crippen LogP) is 2.61. The van der Waals surface area contributed by atoms with Gasteiger partial charge in [-0.25, -0.2) is 0 Å². The summed E-state index contributed by atoms with van der Waals surface area (Å²) in [5.41, 5.74) is 3.98. The molecule has 152 valence electrons. The van der Waals surface area contributed by atoms with Crippen molar-refractivity contribution in [3.05, 3.63) is 64.7 Å². The Morgan fingerprint density at radius 1 is 1.07 bits per heavy atom. The summed E-state index contributed by atoms with van der Waals surface area (Å²) >= 11 is 1.71. The van der Waals surface area contributed by atoms with Gasteiger partial charge < -0.3 is 24.8 Å². The Labute approximate surface area is 170 Å². The molecule has 2 aromatic rings. The van der Waals surface area contributed by atoms with Crippen LogP contribution in [0.15, 0.2) is 47.4 Å². The molecule has 1 fully saturated rings. The molecule has 6 heteroatoms. The second kappa shape index (κ2) is 8.53. The standard InChI is InChI=1S/C22H28O5S/c1-13-5-8-17(12-16(13)11-15-6-9-18(28-4)10-7-15)22(26-3)21(25)20(24)19(23)14(2)27-22/h5-10,12,14,19-21,23-25H,11H2,1-4H3/t14-,19-,20?,21-,22+/m1/s1. The van der Waals surface area contributed by atoms with Gasteiger partial charge in [-0.3, -0.25) is 0 Å². The van der Waals surface area contributed by atoms with E-state index in [4.69, 9.17) is 9.47 Å². The van der Waals surface area contributed by atoms with E-state index < -0.39 is 30.2 Å². The summed E-state index contributed by atoms with van der Waals surface area (Å²) in [6.07, 6.45) is -1.88. The topological polar surface area (TPSA) is 79.2 Å². The average Bonchev–Trinajstić information content (AvgIpc) is 2.71. The van der Waals surface area contributed by atoms with Crippen molar-refractivity contribution in [3.63, 3.8) is 0 Å². The van der Waals surface area contributed by atoms with E-state index in [1.807, 2.05) is 25.1 Å². The molecule has 1 aliphatic heterocycles. The normalized spacial score (nSPS) is 30.4. The summed E-state index contributed by atoms with van der Waals surface area (Å²) in [5.74, 6) is -1.54. The first-order valence-electron chi connectivity index (χ1n) is 9.32. The van der Waals surface area contributed by atoms with Crippen molar-refractivity contribution in [2.45, 2.75) is 55.4 Å². The molecule has 28 heavy (non-hydrogen) atoms. The van der Waals surface area contributed by atoms with Gasteiger partial charge in [0.1, 0.15) is 18.3 Å². The lowest BCUT2D eigenvalue weighted by Gasteiger charge is -2.47. The van der Waals surface area contributed by atoms with Crippen LogP contribution in [-0.2, 0) is 21.7 Å². The molecule has 2 aromatic carbocycles. The van der Waals surface area contributed by atoms with Crippen LogP contribution in [0, 0.1) is 6.92 Å². The fourth-order valence-corrected chi connectivity index (χ4v) is 4.08. The molecule has 0 aliphatic carbocycles. The smallest absolute Gasteiger partial charge is 0.224 e. The number of aliphatic hydroxyl groups is 3. The van der Waals surface area contributed by atoms with E-state index in [1.165, 1.54) is 17.6 Å². The van der Waals surface area contributed by atoms with Crippen molar-refractivity contribution in [1.82, 2.24) is 0 Å². The lowest BCUT2D eigenvalue weighted by molar-refractivity contribution is -0.360. The highest BCUT2D eigenvalue weighted by atomic mass is 32.2. The number of rotatable bonds is 5. The molecule has 1 aliphatic rings. The van der Waals surface area contributed by atoms with Crippen LogP contribution in [0.4, 0.5) is 0 Å². The second-order valence-corrected chi connectivity index (χ2v) is 8.17. The van der Waals surface area contributed by atoms with Gasteiger partial charge in [-0.05, 0) is 61.4 Å². The lowest BCUT2D eigenvalue weighted by atomic mass is 9.86. The molecule has 3 rings (SSSR count). The third-order valence-electron chi connectivity index (χ3n) is 5.51. The summed E-state index contributed by atoms with van der Waals surface area (Å²) in [6, 6.07) is 14.2. The molecule has 3 N–H and O–H groups in total. The quantitative estimate of drug-likeness (QED) is 0.665. The molecule has 0 bridgehead atoms. The highest BCUT2D eigenvalue weighted by molar-refractivity contribution is 7.98. The van der Waals surface area contributed by atoms with Gasteiger partial charge in [0.25, 0.3) is 0 Å². The van der Waals surface area contributed by atoms with E-state index >= 15 is 0 Å². The van der Waals surface area contributed by atoms with Crippen LogP contribution < -0.4 is 0 Å². The number of hydrogen-bond acceptors (Lipinski definition) is 6. The van der Waals surface area contributed by atoms with Crippen molar-refractivity contribution in [2.75, 3.05) is 13.4 Å².